The summed E-state index contributed by atoms with van der Waals surface area (Å²) in [5.41, 5.74) is 7.29. The van der Waals surface area contributed by atoms with Crippen molar-refractivity contribution in [3.8, 4) is 0 Å². The fourth-order valence-electron chi connectivity index (χ4n) is 1.74. The Balaban J connectivity index is 2.06. The van der Waals surface area contributed by atoms with Gasteiger partial charge in [-0.05, 0) is 18.2 Å². The van der Waals surface area contributed by atoms with Crippen LogP contribution >= 0.6 is 11.6 Å². The minimum Gasteiger partial charge on any atom is -0.382 e. The van der Waals surface area contributed by atoms with E-state index in [1.807, 2.05) is 34.9 Å². The van der Waals surface area contributed by atoms with Crippen molar-refractivity contribution in [3.05, 3.63) is 47.9 Å². The average molecular weight is 260 g/mol. The molecule has 0 saturated heterocycles. The number of imidazole rings is 1. The number of halogens is 1. The third-order valence-electron chi connectivity index (χ3n) is 2.48. The number of aromatic nitrogens is 3. The normalized spacial score (nSPS) is 10.7. The van der Waals surface area contributed by atoms with E-state index in [9.17, 15) is 0 Å². The number of hydrogen-bond acceptors (Lipinski definition) is 4. The summed E-state index contributed by atoms with van der Waals surface area (Å²) in [5, 5.41) is 3.81. The van der Waals surface area contributed by atoms with Crippen molar-refractivity contribution in [1.82, 2.24) is 14.4 Å². The zero-order valence-electron chi connectivity index (χ0n) is 9.34. The Morgan fingerprint density at radius 3 is 3.06 bits per heavy atom. The monoisotopic (exact) mass is 259 g/mol. The van der Waals surface area contributed by atoms with Gasteiger partial charge in [0.05, 0.1) is 6.20 Å². The first-order chi connectivity index (χ1) is 8.72. The van der Waals surface area contributed by atoms with Gasteiger partial charge < -0.3 is 15.5 Å². The molecule has 90 valence electrons. The van der Waals surface area contributed by atoms with Crippen LogP contribution in [-0.4, -0.2) is 14.4 Å². The summed E-state index contributed by atoms with van der Waals surface area (Å²) in [6.07, 6.45) is 5.22. The summed E-state index contributed by atoms with van der Waals surface area (Å²) >= 11 is 5.93. The third kappa shape index (κ3) is 1.96. The van der Waals surface area contributed by atoms with Gasteiger partial charge in [-0.2, -0.15) is 0 Å². The second-order valence-corrected chi connectivity index (χ2v) is 4.24. The van der Waals surface area contributed by atoms with Crippen molar-refractivity contribution in [3.63, 3.8) is 0 Å². The molecule has 0 fully saturated rings. The number of benzene rings is 1. The zero-order chi connectivity index (χ0) is 12.5. The second-order valence-electron chi connectivity index (χ2n) is 3.81. The molecular weight excluding hydrogens is 250 g/mol. The van der Waals surface area contributed by atoms with Crippen molar-refractivity contribution in [2.45, 2.75) is 0 Å². The Morgan fingerprint density at radius 1 is 1.33 bits per heavy atom. The van der Waals surface area contributed by atoms with Crippen LogP contribution in [-0.2, 0) is 0 Å². The third-order valence-corrected chi connectivity index (χ3v) is 2.72. The molecule has 1 aromatic carbocycles. The summed E-state index contributed by atoms with van der Waals surface area (Å²) in [5.74, 6) is 1.02. The number of hydrogen-bond donors (Lipinski definition) is 2. The van der Waals surface area contributed by atoms with Gasteiger partial charge in [-0.3, -0.25) is 0 Å². The Bertz CT molecular complexity index is 707. The maximum Gasteiger partial charge on any atom is 0.180 e. The van der Waals surface area contributed by atoms with Crippen LogP contribution in [0.3, 0.4) is 0 Å². The number of nitrogens with zero attached hydrogens (tertiary/aromatic N) is 3. The van der Waals surface area contributed by atoms with E-state index in [0.29, 0.717) is 22.3 Å². The van der Waals surface area contributed by atoms with E-state index in [2.05, 4.69) is 15.3 Å². The first-order valence-corrected chi connectivity index (χ1v) is 5.72. The Kier molecular flexibility index (Phi) is 2.53. The van der Waals surface area contributed by atoms with Crippen LogP contribution < -0.4 is 11.1 Å². The summed E-state index contributed by atoms with van der Waals surface area (Å²) in [6.45, 7) is 0. The van der Waals surface area contributed by atoms with Crippen molar-refractivity contribution in [1.29, 1.82) is 0 Å². The minimum atomic E-state index is 0.421. The van der Waals surface area contributed by atoms with E-state index in [1.54, 1.807) is 12.4 Å². The molecule has 3 N–H and O–H groups in total. The molecule has 0 aliphatic rings. The van der Waals surface area contributed by atoms with E-state index in [-0.39, 0.29) is 0 Å². The van der Waals surface area contributed by atoms with Crippen LogP contribution in [0, 0.1) is 0 Å². The summed E-state index contributed by atoms with van der Waals surface area (Å²) in [7, 11) is 0. The first kappa shape index (κ1) is 10.9. The number of fused-ring (bicyclic) bond motifs is 1. The van der Waals surface area contributed by atoms with E-state index in [4.69, 9.17) is 17.3 Å². The summed E-state index contributed by atoms with van der Waals surface area (Å²) < 4.78 is 1.81. The molecule has 0 atom stereocenters. The predicted octanol–water partition coefficient (Wildman–Crippen LogP) is 2.71. The molecule has 2 aromatic heterocycles. The minimum absolute atomic E-state index is 0.421. The van der Waals surface area contributed by atoms with Gasteiger partial charge in [0.15, 0.2) is 11.5 Å². The molecule has 0 bridgehead atoms. The molecule has 0 radical (unpaired) electrons. The highest BCUT2D eigenvalue weighted by Gasteiger charge is 2.06. The molecule has 0 saturated carbocycles. The fourth-order valence-corrected chi connectivity index (χ4v) is 1.93. The summed E-state index contributed by atoms with van der Waals surface area (Å²) in [4.78, 5) is 8.47. The van der Waals surface area contributed by atoms with Crippen molar-refractivity contribution >= 4 is 34.6 Å². The number of nitrogen functional groups attached to an aromatic ring is 1. The van der Waals surface area contributed by atoms with Gasteiger partial charge in [-0.15, -0.1) is 0 Å². The van der Waals surface area contributed by atoms with Gasteiger partial charge in [-0.25, -0.2) is 9.97 Å². The molecule has 0 aliphatic carbocycles. The van der Waals surface area contributed by atoms with Crippen molar-refractivity contribution in [2.75, 3.05) is 11.1 Å². The Labute approximate surface area is 108 Å². The highest BCUT2D eigenvalue weighted by atomic mass is 35.5. The number of nitrogens with two attached hydrogens (primary N) is 1. The predicted molar refractivity (Wildman–Crippen MR) is 72.1 cm³/mol. The SMILES string of the molecule is Nc1cn2ccnc2c(Nc2cccc(Cl)c2)n1. The number of anilines is 3. The largest absolute Gasteiger partial charge is 0.382 e. The van der Waals surface area contributed by atoms with E-state index in [1.165, 1.54) is 0 Å². The van der Waals surface area contributed by atoms with Crippen molar-refractivity contribution in [2.24, 2.45) is 0 Å². The van der Waals surface area contributed by atoms with Crippen LogP contribution in [0.4, 0.5) is 17.3 Å². The van der Waals surface area contributed by atoms with Crippen LogP contribution in [0.5, 0.6) is 0 Å². The molecule has 0 unspecified atom stereocenters. The first-order valence-electron chi connectivity index (χ1n) is 5.34. The van der Waals surface area contributed by atoms with Crippen LogP contribution in [0.2, 0.25) is 5.02 Å². The van der Waals surface area contributed by atoms with Crippen LogP contribution in [0.1, 0.15) is 0 Å². The molecule has 0 aliphatic heterocycles. The smallest absolute Gasteiger partial charge is 0.180 e. The second kappa shape index (κ2) is 4.19. The lowest BCUT2D eigenvalue weighted by Crippen LogP contribution is -2.01. The molecule has 2 heterocycles. The van der Waals surface area contributed by atoms with Gasteiger partial charge in [0.25, 0.3) is 0 Å². The molecular formula is C12H10ClN5. The van der Waals surface area contributed by atoms with Crippen LogP contribution in [0.25, 0.3) is 5.65 Å². The van der Waals surface area contributed by atoms with E-state index < -0.39 is 0 Å². The molecule has 3 aromatic rings. The topological polar surface area (TPSA) is 68.2 Å². The van der Waals surface area contributed by atoms with Crippen molar-refractivity contribution < 1.29 is 0 Å². The Morgan fingerprint density at radius 2 is 2.22 bits per heavy atom. The molecule has 5 nitrogen and oxygen atoms in total. The molecule has 0 spiro atoms. The van der Waals surface area contributed by atoms with Gasteiger partial charge in [0.1, 0.15) is 5.82 Å². The van der Waals surface area contributed by atoms with Gasteiger partial charge in [-0.1, -0.05) is 17.7 Å². The quantitative estimate of drug-likeness (QED) is 0.742. The lowest BCUT2D eigenvalue weighted by molar-refractivity contribution is 1.14. The highest BCUT2D eigenvalue weighted by Crippen LogP contribution is 2.22. The van der Waals surface area contributed by atoms with Crippen LogP contribution in [0.15, 0.2) is 42.9 Å². The van der Waals surface area contributed by atoms with E-state index >= 15 is 0 Å². The molecule has 6 heteroatoms. The average Bonchev–Trinajstić information content (AvgIpc) is 2.77. The maximum atomic E-state index is 5.93. The van der Waals surface area contributed by atoms with Gasteiger partial charge >= 0.3 is 0 Å². The molecule has 3 rings (SSSR count). The lowest BCUT2D eigenvalue weighted by Gasteiger charge is -2.08. The maximum absolute atomic E-state index is 5.93. The zero-order valence-corrected chi connectivity index (χ0v) is 10.1. The Hall–Kier alpha value is -2.27. The summed E-state index contributed by atoms with van der Waals surface area (Å²) in [6, 6.07) is 7.38. The van der Waals surface area contributed by atoms with Gasteiger partial charge in [0, 0.05) is 23.1 Å². The fraction of sp³-hybridized carbons (Fsp3) is 0. The number of nitrogens with one attached hydrogen (secondary N) is 1. The molecule has 18 heavy (non-hydrogen) atoms. The standard InChI is InChI=1S/C12H10ClN5/c13-8-2-1-3-9(6-8)16-11-12-15-4-5-18(12)7-10(14)17-11/h1-7H,14H2,(H,16,17). The molecule has 0 amide bonds. The highest BCUT2D eigenvalue weighted by molar-refractivity contribution is 6.30. The van der Waals surface area contributed by atoms with E-state index in [0.717, 1.165) is 5.69 Å². The van der Waals surface area contributed by atoms with Gasteiger partial charge in [0.2, 0.25) is 0 Å². The number of rotatable bonds is 2. The lowest BCUT2D eigenvalue weighted by atomic mass is 10.3.